The van der Waals surface area contributed by atoms with Gasteiger partial charge in [0, 0.05) is 29.3 Å². The number of amides is 1. The summed E-state index contributed by atoms with van der Waals surface area (Å²) < 4.78 is 41.0. The topological polar surface area (TPSA) is 66.5 Å². The molecular weight excluding hydrogens is 399 g/mol. The molecule has 0 spiro atoms. The van der Waals surface area contributed by atoms with E-state index >= 15 is 0 Å². The number of rotatable bonds is 4. The molecule has 0 bridgehead atoms. The van der Waals surface area contributed by atoms with Crippen molar-refractivity contribution in [3.8, 4) is 0 Å². The second-order valence-corrected chi connectivity index (χ2v) is 10.0. The van der Waals surface area contributed by atoms with Crippen LogP contribution in [0.1, 0.15) is 41.2 Å². The highest BCUT2D eigenvalue weighted by Crippen LogP contribution is 2.37. The van der Waals surface area contributed by atoms with Crippen LogP contribution >= 0.6 is 11.8 Å². The Balaban J connectivity index is 1.56. The van der Waals surface area contributed by atoms with Crippen molar-refractivity contribution in [2.45, 2.75) is 35.1 Å². The third-order valence-electron chi connectivity index (χ3n) is 5.13. The molecule has 1 N–H and O–H groups in total. The molecule has 2 aromatic rings. The highest BCUT2D eigenvalue weighted by atomic mass is 32.2. The first-order chi connectivity index (χ1) is 13.5. The minimum Gasteiger partial charge on any atom is -0.345 e. The summed E-state index contributed by atoms with van der Waals surface area (Å²) in [4.78, 5) is 13.5. The number of halogens is 1. The summed E-state index contributed by atoms with van der Waals surface area (Å²) in [5, 5.41) is 2.94. The molecule has 4 rings (SSSR count). The molecular formula is C20H21FN2O3S2. The molecule has 0 aliphatic carbocycles. The van der Waals surface area contributed by atoms with Crippen LogP contribution in [0.25, 0.3) is 0 Å². The van der Waals surface area contributed by atoms with E-state index in [-0.39, 0.29) is 28.2 Å². The number of benzene rings is 2. The van der Waals surface area contributed by atoms with Crippen molar-refractivity contribution in [1.82, 2.24) is 9.62 Å². The van der Waals surface area contributed by atoms with Gasteiger partial charge in [-0.2, -0.15) is 4.31 Å². The van der Waals surface area contributed by atoms with Gasteiger partial charge in [0.2, 0.25) is 10.0 Å². The zero-order valence-corrected chi connectivity index (χ0v) is 16.9. The lowest BCUT2D eigenvalue weighted by molar-refractivity contribution is 0.0934. The lowest BCUT2D eigenvalue weighted by atomic mass is 10.0. The average Bonchev–Trinajstić information content (AvgIpc) is 3.25. The standard InChI is InChI=1S/C20H21FN2O3S2/c21-17-8-4-7-16-18(9-12-27-19(16)17)22-20(24)14-5-3-6-15(13-14)28(25,26)23-10-1-2-11-23/h3-8,13,18H,1-2,9-12H2,(H,22,24). The minimum atomic E-state index is -3.58. The minimum absolute atomic E-state index is 0.132. The van der Waals surface area contributed by atoms with Gasteiger partial charge in [0.05, 0.1) is 10.9 Å². The molecule has 1 unspecified atom stereocenters. The van der Waals surface area contributed by atoms with Crippen LogP contribution in [0.3, 0.4) is 0 Å². The number of carbonyl (C=O) groups is 1. The van der Waals surface area contributed by atoms with Crippen molar-refractivity contribution in [2.24, 2.45) is 0 Å². The third-order valence-corrected chi connectivity index (χ3v) is 8.18. The fourth-order valence-corrected chi connectivity index (χ4v) is 6.36. The first-order valence-corrected chi connectivity index (χ1v) is 11.7. The monoisotopic (exact) mass is 420 g/mol. The van der Waals surface area contributed by atoms with Crippen LogP contribution in [0.2, 0.25) is 0 Å². The molecule has 1 saturated heterocycles. The predicted octanol–water partition coefficient (Wildman–Crippen LogP) is 3.58. The number of fused-ring (bicyclic) bond motifs is 1. The van der Waals surface area contributed by atoms with Crippen LogP contribution in [-0.4, -0.2) is 37.5 Å². The van der Waals surface area contributed by atoms with Crippen molar-refractivity contribution < 1.29 is 17.6 Å². The summed E-state index contributed by atoms with van der Waals surface area (Å²) in [7, 11) is -3.58. The molecule has 2 aromatic carbocycles. The van der Waals surface area contributed by atoms with Gasteiger partial charge in [0.1, 0.15) is 5.82 Å². The first-order valence-electron chi connectivity index (χ1n) is 9.29. The van der Waals surface area contributed by atoms with Crippen molar-refractivity contribution in [1.29, 1.82) is 0 Å². The highest BCUT2D eigenvalue weighted by molar-refractivity contribution is 7.99. The zero-order valence-electron chi connectivity index (χ0n) is 15.2. The normalized spacial score (nSPS) is 20.0. The summed E-state index contributed by atoms with van der Waals surface area (Å²) in [5.41, 5.74) is 1.06. The lowest BCUT2D eigenvalue weighted by Gasteiger charge is -2.26. The Morgan fingerprint density at radius 3 is 2.68 bits per heavy atom. The molecule has 1 atom stereocenters. The molecule has 8 heteroatoms. The van der Waals surface area contributed by atoms with E-state index < -0.39 is 10.0 Å². The number of nitrogens with one attached hydrogen (secondary N) is 1. The van der Waals surface area contributed by atoms with Gasteiger partial charge in [-0.1, -0.05) is 18.2 Å². The third kappa shape index (κ3) is 3.68. The summed E-state index contributed by atoms with van der Waals surface area (Å²) in [5.74, 6) is 0.0770. The van der Waals surface area contributed by atoms with Crippen LogP contribution < -0.4 is 5.32 Å². The number of sulfonamides is 1. The molecule has 1 fully saturated rings. The Morgan fingerprint density at radius 2 is 1.89 bits per heavy atom. The molecule has 2 aliphatic heterocycles. The van der Waals surface area contributed by atoms with Gasteiger partial charge < -0.3 is 5.32 Å². The van der Waals surface area contributed by atoms with Gasteiger partial charge in [0.15, 0.2) is 0 Å². The largest absolute Gasteiger partial charge is 0.345 e. The van der Waals surface area contributed by atoms with Crippen LogP contribution in [0, 0.1) is 5.82 Å². The maximum Gasteiger partial charge on any atom is 0.251 e. The van der Waals surface area contributed by atoms with Gasteiger partial charge in [-0.3, -0.25) is 4.79 Å². The summed E-state index contributed by atoms with van der Waals surface area (Å²) in [6.45, 7) is 1.03. The Kier molecular flexibility index (Phi) is 5.44. The average molecular weight is 421 g/mol. The zero-order chi connectivity index (χ0) is 19.7. The Morgan fingerprint density at radius 1 is 1.14 bits per heavy atom. The van der Waals surface area contributed by atoms with E-state index in [0.717, 1.165) is 18.4 Å². The molecule has 5 nitrogen and oxygen atoms in total. The van der Waals surface area contributed by atoms with E-state index in [4.69, 9.17) is 0 Å². The van der Waals surface area contributed by atoms with E-state index in [0.29, 0.717) is 30.2 Å². The number of nitrogens with zero attached hydrogens (tertiary/aromatic N) is 1. The lowest BCUT2D eigenvalue weighted by Crippen LogP contribution is -2.31. The van der Waals surface area contributed by atoms with E-state index in [9.17, 15) is 17.6 Å². The Hall–Kier alpha value is -1.90. The van der Waals surface area contributed by atoms with Crippen molar-refractivity contribution in [3.05, 3.63) is 59.4 Å². The maximum absolute atomic E-state index is 14.0. The van der Waals surface area contributed by atoms with Gasteiger partial charge in [-0.15, -0.1) is 11.8 Å². The predicted molar refractivity (Wildman–Crippen MR) is 106 cm³/mol. The van der Waals surface area contributed by atoms with Gasteiger partial charge in [-0.05, 0) is 49.1 Å². The van der Waals surface area contributed by atoms with Crippen LogP contribution in [0.4, 0.5) is 4.39 Å². The van der Waals surface area contributed by atoms with Crippen LogP contribution in [0.15, 0.2) is 52.3 Å². The van der Waals surface area contributed by atoms with Crippen molar-refractivity contribution in [3.63, 3.8) is 0 Å². The number of carbonyl (C=O) groups excluding carboxylic acids is 1. The fraction of sp³-hybridized carbons (Fsp3) is 0.350. The molecule has 28 heavy (non-hydrogen) atoms. The van der Waals surface area contributed by atoms with E-state index in [1.54, 1.807) is 18.2 Å². The second kappa shape index (κ2) is 7.85. The summed E-state index contributed by atoms with van der Waals surface area (Å²) in [6, 6.07) is 10.7. The molecule has 0 radical (unpaired) electrons. The van der Waals surface area contributed by atoms with E-state index in [1.165, 1.54) is 34.3 Å². The molecule has 2 heterocycles. The molecule has 148 valence electrons. The van der Waals surface area contributed by atoms with Crippen molar-refractivity contribution in [2.75, 3.05) is 18.8 Å². The Bertz CT molecular complexity index is 1000. The Labute approximate surface area is 168 Å². The summed E-state index contributed by atoms with van der Waals surface area (Å²) >= 11 is 1.45. The SMILES string of the molecule is O=C(NC1CCSc2c(F)cccc21)c1cccc(S(=O)(=O)N2CCCC2)c1. The number of thioether (sulfide) groups is 1. The van der Waals surface area contributed by atoms with Crippen molar-refractivity contribution >= 4 is 27.7 Å². The highest BCUT2D eigenvalue weighted by Gasteiger charge is 2.28. The van der Waals surface area contributed by atoms with Crippen LogP contribution in [-0.2, 0) is 10.0 Å². The fourth-order valence-electron chi connectivity index (χ4n) is 3.65. The quantitative estimate of drug-likeness (QED) is 0.821. The van der Waals surface area contributed by atoms with Gasteiger partial charge >= 0.3 is 0 Å². The molecule has 2 aliphatic rings. The smallest absolute Gasteiger partial charge is 0.251 e. The molecule has 1 amide bonds. The number of hydrogen-bond acceptors (Lipinski definition) is 4. The van der Waals surface area contributed by atoms with Gasteiger partial charge in [-0.25, -0.2) is 12.8 Å². The maximum atomic E-state index is 14.0. The van der Waals surface area contributed by atoms with Gasteiger partial charge in [0.25, 0.3) is 5.91 Å². The van der Waals surface area contributed by atoms with E-state index in [2.05, 4.69) is 5.32 Å². The molecule has 0 aromatic heterocycles. The molecule has 0 saturated carbocycles. The van der Waals surface area contributed by atoms with E-state index in [1.807, 2.05) is 6.07 Å². The number of hydrogen-bond donors (Lipinski definition) is 1. The van der Waals surface area contributed by atoms with Crippen LogP contribution in [0.5, 0.6) is 0 Å². The first kappa shape index (κ1) is 19.4. The summed E-state index contributed by atoms with van der Waals surface area (Å²) in [6.07, 6.45) is 2.41. The second-order valence-electron chi connectivity index (χ2n) is 6.96.